The van der Waals surface area contributed by atoms with Gasteiger partial charge in [-0.1, -0.05) is 60.7 Å². The van der Waals surface area contributed by atoms with Crippen LogP contribution in [-0.2, 0) is 23.4 Å². The Bertz CT molecular complexity index is 748. The highest BCUT2D eigenvalue weighted by molar-refractivity contribution is 6.62. The fourth-order valence-electron chi connectivity index (χ4n) is 3.75. The van der Waals surface area contributed by atoms with Crippen molar-refractivity contribution in [3.8, 4) is 0 Å². The van der Waals surface area contributed by atoms with Gasteiger partial charge < -0.3 is 28.5 Å². The molecule has 3 fully saturated rings. The SMILES string of the molecule is OC[C@H]1OB(c2ccccc2)O[C@@H]2[C@H]3OB(c4ccccc4)O[C@H]3O[C@@H]21. The number of hydrogen-bond acceptors (Lipinski definition) is 6. The first kappa shape index (κ1) is 16.5. The smallest absolute Gasteiger partial charge is 0.399 e. The van der Waals surface area contributed by atoms with Crippen molar-refractivity contribution in [2.75, 3.05) is 6.61 Å². The van der Waals surface area contributed by atoms with Gasteiger partial charge in [-0.25, -0.2) is 0 Å². The predicted molar refractivity (Wildman–Crippen MR) is 95.1 cm³/mol. The van der Waals surface area contributed by atoms with Crippen LogP contribution >= 0.6 is 0 Å². The molecule has 0 amide bonds. The van der Waals surface area contributed by atoms with E-state index >= 15 is 0 Å². The van der Waals surface area contributed by atoms with Crippen LogP contribution in [0.1, 0.15) is 0 Å². The van der Waals surface area contributed by atoms with Gasteiger partial charge in [-0.05, 0) is 10.9 Å². The second-order valence-corrected chi connectivity index (χ2v) is 6.65. The summed E-state index contributed by atoms with van der Waals surface area (Å²) in [6.45, 7) is -0.157. The lowest BCUT2D eigenvalue weighted by molar-refractivity contribution is -0.137. The monoisotopic (exact) mass is 352 g/mol. The van der Waals surface area contributed by atoms with Crippen LogP contribution in [0.4, 0.5) is 0 Å². The maximum Gasteiger partial charge on any atom is 0.496 e. The van der Waals surface area contributed by atoms with E-state index in [1.165, 1.54) is 0 Å². The van der Waals surface area contributed by atoms with Crippen molar-refractivity contribution in [2.45, 2.75) is 30.7 Å². The zero-order valence-electron chi connectivity index (χ0n) is 14.0. The fraction of sp³-hybridized carbons (Fsp3) is 0.333. The van der Waals surface area contributed by atoms with Gasteiger partial charge in [0.05, 0.1) is 12.7 Å². The second-order valence-electron chi connectivity index (χ2n) is 6.65. The van der Waals surface area contributed by atoms with Crippen molar-refractivity contribution < 1.29 is 28.5 Å². The molecule has 6 nitrogen and oxygen atoms in total. The Kier molecular flexibility index (Phi) is 4.32. The van der Waals surface area contributed by atoms with Gasteiger partial charge in [0, 0.05) is 0 Å². The van der Waals surface area contributed by atoms with Gasteiger partial charge in [0.1, 0.15) is 18.3 Å². The lowest BCUT2D eigenvalue weighted by Gasteiger charge is -2.37. The molecule has 26 heavy (non-hydrogen) atoms. The summed E-state index contributed by atoms with van der Waals surface area (Å²) in [4.78, 5) is 0. The van der Waals surface area contributed by atoms with Gasteiger partial charge in [0.15, 0.2) is 6.29 Å². The van der Waals surface area contributed by atoms with Crippen LogP contribution in [0.15, 0.2) is 60.7 Å². The van der Waals surface area contributed by atoms with Crippen LogP contribution in [0.5, 0.6) is 0 Å². The molecule has 0 aromatic heterocycles. The molecule has 0 aliphatic carbocycles. The molecule has 132 valence electrons. The van der Waals surface area contributed by atoms with E-state index in [-0.39, 0.29) is 18.8 Å². The molecule has 5 atom stereocenters. The standard InChI is InChI=1S/C18H18B2O6/c21-11-14-15-16(24-19(23-14)12-7-3-1-4-8-12)17-18(22-15)26-20(25-17)13-9-5-2-6-10-13/h1-10,14-18,21H,11H2/t14-,15-,16+,17-,18-/m1/s1. The quantitative estimate of drug-likeness (QED) is 0.765. The molecular weight excluding hydrogens is 334 g/mol. The number of aliphatic hydroxyl groups is 1. The summed E-state index contributed by atoms with van der Waals surface area (Å²) >= 11 is 0. The highest BCUT2D eigenvalue weighted by Gasteiger charge is 2.59. The van der Waals surface area contributed by atoms with Crippen molar-refractivity contribution in [2.24, 2.45) is 0 Å². The lowest BCUT2D eigenvalue weighted by Crippen LogP contribution is -2.58. The number of hydrogen-bond donors (Lipinski definition) is 1. The van der Waals surface area contributed by atoms with E-state index in [2.05, 4.69) is 0 Å². The topological polar surface area (TPSA) is 66.4 Å². The lowest BCUT2D eigenvalue weighted by atomic mass is 9.76. The van der Waals surface area contributed by atoms with E-state index in [1.807, 2.05) is 60.7 Å². The van der Waals surface area contributed by atoms with Gasteiger partial charge in [-0.3, -0.25) is 0 Å². The molecule has 0 unspecified atom stereocenters. The molecule has 0 spiro atoms. The highest BCUT2D eigenvalue weighted by Crippen LogP contribution is 2.37. The third-order valence-electron chi connectivity index (χ3n) is 5.01. The highest BCUT2D eigenvalue weighted by atomic mass is 16.8. The van der Waals surface area contributed by atoms with E-state index in [0.29, 0.717) is 0 Å². The first-order chi connectivity index (χ1) is 12.8. The largest absolute Gasteiger partial charge is 0.496 e. The summed E-state index contributed by atoms with van der Waals surface area (Å²) in [5.74, 6) is 0. The Morgan fingerprint density at radius 2 is 1.27 bits per heavy atom. The minimum Gasteiger partial charge on any atom is -0.399 e. The molecule has 0 bridgehead atoms. The second kappa shape index (κ2) is 6.81. The van der Waals surface area contributed by atoms with Crippen molar-refractivity contribution in [3.63, 3.8) is 0 Å². The number of rotatable bonds is 3. The predicted octanol–water partition coefficient (Wildman–Crippen LogP) is -0.306. The summed E-state index contributed by atoms with van der Waals surface area (Å²) in [6.07, 6.45) is -2.19. The van der Waals surface area contributed by atoms with E-state index in [4.69, 9.17) is 23.4 Å². The molecule has 0 saturated carbocycles. The Balaban J connectivity index is 1.37. The van der Waals surface area contributed by atoms with Gasteiger partial charge in [0.2, 0.25) is 0 Å². The Hall–Kier alpha value is -1.67. The maximum absolute atomic E-state index is 9.75. The minimum absolute atomic E-state index is 0.157. The molecular formula is C18H18B2O6. The molecule has 0 radical (unpaired) electrons. The van der Waals surface area contributed by atoms with Crippen LogP contribution < -0.4 is 10.9 Å². The number of ether oxygens (including phenoxy) is 1. The van der Waals surface area contributed by atoms with Crippen molar-refractivity contribution >= 4 is 25.2 Å². The molecule has 3 heterocycles. The first-order valence-corrected chi connectivity index (χ1v) is 8.81. The average Bonchev–Trinajstić information content (AvgIpc) is 3.27. The van der Waals surface area contributed by atoms with Crippen LogP contribution in [-0.4, -0.2) is 56.7 Å². The molecule has 3 saturated heterocycles. The molecule has 1 N–H and O–H groups in total. The molecule has 3 aliphatic heterocycles. The summed E-state index contributed by atoms with van der Waals surface area (Å²) < 4.78 is 30.1. The summed E-state index contributed by atoms with van der Waals surface area (Å²) in [5.41, 5.74) is 1.83. The molecule has 3 aliphatic rings. The molecule has 5 rings (SSSR count). The first-order valence-electron chi connectivity index (χ1n) is 8.81. The summed E-state index contributed by atoms with van der Waals surface area (Å²) in [5, 5.41) is 9.75. The molecule has 2 aromatic carbocycles. The zero-order valence-corrected chi connectivity index (χ0v) is 14.0. The van der Waals surface area contributed by atoms with E-state index in [0.717, 1.165) is 10.9 Å². The van der Waals surface area contributed by atoms with E-state index in [9.17, 15) is 5.11 Å². The van der Waals surface area contributed by atoms with Gasteiger partial charge in [-0.15, -0.1) is 0 Å². The Morgan fingerprint density at radius 3 is 1.88 bits per heavy atom. The number of fused-ring (bicyclic) bond motifs is 3. The third-order valence-corrected chi connectivity index (χ3v) is 5.01. The zero-order chi connectivity index (χ0) is 17.5. The van der Waals surface area contributed by atoms with Crippen LogP contribution in [0.25, 0.3) is 0 Å². The van der Waals surface area contributed by atoms with Gasteiger partial charge in [-0.2, -0.15) is 0 Å². The van der Waals surface area contributed by atoms with E-state index in [1.54, 1.807) is 0 Å². The van der Waals surface area contributed by atoms with Crippen molar-refractivity contribution in [3.05, 3.63) is 60.7 Å². The molecule has 2 aromatic rings. The average molecular weight is 352 g/mol. The van der Waals surface area contributed by atoms with E-state index < -0.39 is 32.7 Å². The minimum atomic E-state index is -0.573. The normalized spacial score (nSPS) is 33.2. The van der Waals surface area contributed by atoms with Gasteiger partial charge in [0.25, 0.3) is 0 Å². The van der Waals surface area contributed by atoms with Crippen LogP contribution in [0, 0.1) is 0 Å². The Labute approximate surface area is 152 Å². The fourth-order valence-corrected chi connectivity index (χ4v) is 3.75. The third kappa shape index (κ3) is 2.79. The number of benzene rings is 2. The summed E-state index contributed by atoms with van der Waals surface area (Å²) in [7, 11) is -1.06. The van der Waals surface area contributed by atoms with Crippen molar-refractivity contribution in [1.29, 1.82) is 0 Å². The maximum atomic E-state index is 9.75. The molecule has 8 heteroatoms. The van der Waals surface area contributed by atoms with Crippen LogP contribution in [0.3, 0.4) is 0 Å². The van der Waals surface area contributed by atoms with Crippen molar-refractivity contribution in [1.82, 2.24) is 0 Å². The number of aliphatic hydroxyl groups excluding tert-OH is 1. The summed E-state index contributed by atoms with van der Waals surface area (Å²) in [6, 6.07) is 19.4. The van der Waals surface area contributed by atoms with Gasteiger partial charge >= 0.3 is 14.2 Å². The Morgan fingerprint density at radius 1 is 0.692 bits per heavy atom. The van der Waals surface area contributed by atoms with Crippen LogP contribution in [0.2, 0.25) is 0 Å².